The van der Waals surface area contributed by atoms with Gasteiger partial charge in [-0.25, -0.2) is 8.42 Å². The summed E-state index contributed by atoms with van der Waals surface area (Å²) in [7, 11) is -3.16. The number of halogens is 2. The Morgan fingerprint density at radius 3 is 2.56 bits per heavy atom. The molecule has 27 heavy (non-hydrogen) atoms. The van der Waals surface area contributed by atoms with Crippen LogP contribution in [0.15, 0.2) is 47.1 Å². The average molecular weight is 399 g/mol. The molecule has 0 spiro atoms. The van der Waals surface area contributed by atoms with Crippen molar-refractivity contribution in [1.29, 1.82) is 0 Å². The van der Waals surface area contributed by atoms with Crippen molar-refractivity contribution in [3.63, 3.8) is 0 Å². The molecule has 1 aromatic heterocycles. The van der Waals surface area contributed by atoms with E-state index in [1.54, 1.807) is 12.1 Å². The fourth-order valence-electron chi connectivity index (χ4n) is 3.08. The smallest absolute Gasteiger partial charge is 0.387 e. The molecule has 6 nitrogen and oxygen atoms in total. The predicted octanol–water partition coefficient (Wildman–Crippen LogP) is 2.64. The van der Waals surface area contributed by atoms with E-state index in [-0.39, 0.29) is 36.1 Å². The highest BCUT2D eigenvalue weighted by atomic mass is 32.2. The SMILES string of the molecule is O=C(Cc1ccc(OC(F)F)cc1)N(Cc1ccco1)[C@@H]1CCS(=O)(=O)C1. The van der Waals surface area contributed by atoms with Gasteiger partial charge >= 0.3 is 6.61 Å². The lowest BCUT2D eigenvalue weighted by molar-refractivity contribution is -0.133. The molecule has 9 heteroatoms. The lowest BCUT2D eigenvalue weighted by Crippen LogP contribution is -2.41. The van der Waals surface area contributed by atoms with Gasteiger partial charge in [0, 0.05) is 6.04 Å². The molecule has 1 atom stereocenters. The maximum atomic E-state index is 12.8. The summed E-state index contributed by atoms with van der Waals surface area (Å²) >= 11 is 0. The second kappa shape index (κ2) is 8.08. The first-order valence-corrected chi connectivity index (χ1v) is 10.2. The van der Waals surface area contributed by atoms with Gasteiger partial charge in [0.25, 0.3) is 0 Å². The third-order valence-corrected chi connectivity index (χ3v) is 6.13. The van der Waals surface area contributed by atoms with Crippen molar-refractivity contribution in [3.05, 3.63) is 54.0 Å². The van der Waals surface area contributed by atoms with Crippen molar-refractivity contribution >= 4 is 15.7 Å². The minimum Gasteiger partial charge on any atom is -0.467 e. The Hall–Kier alpha value is -2.42. The number of furan rings is 1. The molecule has 0 bridgehead atoms. The first kappa shape index (κ1) is 19.3. The van der Waals surface area contributed by atoms with Crippen LogP contribution in [0.2, 0.25) is 0 Å². The molecule has 1 fully saturated rings. The Morgan fingerprint density at radius 2 is 2.00 bits per heavy atom. The zero-order chi connectivity index (χ0) is 19.4. The first-order valence-electron chi connectivity index (χ1n) is 8.38. The van der Waals surface area contributed by atoms with E-state index in [1.807, 2.05) is 0 Å². The molecule has 3 rings (SSSR count). The summed E-state index contributed by atoms with van der Waals surface area (Å²) < 4.78 is 57.6. The Bertz CT molecular complexity index is 866. The van der Waals surface area contributed by atoms with Crippen LogP contribution in [0.3, 0.4) is 0 Å². The van der Waals surface area contributed by atoms with E-state index in [0.29, 0.717) is 17.7 Å². The molecule has 1 aliphatic heterocycles. The number of hydrogen-bond donors (Lipinski definition) is 0. The molecular weight excluding hydrogens is 380 g/mol. The van der Waals surface area contributed by atoms with Gasteiger partial charge in [-0.15, -0.1) is 0 Å². The molecule has 146 valence electrons. The predicted molar refractivity (Wildman–Crippen MR) is 93.1 cm³/mol. The molecule has 0 unspecified atom stereocenters. The summed E-state index contributed by atoms with van der Waals surface area (Å²) in [6, 6.07) is 8.81. The van der Waals surface area contributed by atoms with E-state index in [1.165, 1.54) is 35.4 Å². The van der Waals surface area contributed by atoms with Gasteiger partial charge in [-0.1, -0.05) is 12.1 Å². The Morgan fingerprint density at radius 1 is 1.26 bits per heavy atom. The van der Waals surface area contributed by atoms with Gasteiger partial charge in [0.15, 0.2) is 9.84 Å². The molecule has 0 aliphatic carbocycles. The zero-order valence-corrected chi connectivity index (χ0v) is 15.2. The monoisotopic (exact) mass is 399 g/mol. The summed E-state index contributed by atoms with van der Waals surface area (Å²) in [6.45, 7) is -2.73. The molecule has 0 saturated carbocycles. The van der Waals surface area contributed by atoms with Gasteiger partial charge in [0.05, 0.1) is 30.7 Å². The number of sulfone groups is 1. The highest BCUT2D eigenvalue weighted by Gasteiger charge is 2.35. The maximum absolute atomic E-state index is 12.8. The summed E-state index contributed by atoms with van der Waals surface area (Å²) in [4.78, 5) is 14.4. The van der Waals surface area contributed by atoms with E-state index in [0.717, 1.165) is 0 Å². The van der Waals surface area contributed by atoms with Crippen LogP contribution in [0, 0.1) is 0 Å². The second-order valence-corrected chi connectivity index (χ2v) is 8.59. The molecule has 0 radical (unpaired) electrons. The highest BCUT2D eigenvalue weighted by Crippen LogP contribution is 2.22. The van der Waals surface area contributed by atoms with Crippen molar-refractivity contribution in [2.45, 2.75) is 32.0 Å². The van der Waals surface area contributed by atoms with Crippen molar-refractivity contribution in [2.24, 2.45) is 0 Å². The third kappa shape index (κ3) is 5.29. The second-order valence-electron chi connectivity index (χ2n) is 6.36. The lowest BCUT2D eigenvalue weighted by Gasteiger charge is -2.27. The van der Waals surface area contributed by atoms with Crippen molar-refractivity contribution < 1.29 is 31.1 Å². The Kier molecular flexibility index (Phi) is 5.79. The summed E-state index contributed by atoms with van der Waals surface area (Å²) in [6.07, 6.45) is 1.90. The van der Waals surface area contributed by atoms with E-state index < -0.39 is 22.5 Å². The van der Waals surface area contributed by atoms with E-state index in [9.17, 15) is 22.0 Å². The molecule has 1 amide bonds. The van der Waals surface area contributed by atoms with Crippen LogP contribution in [-0.4, -0.2) is 43.4 Å². The van der Waals surface area contributed by atoms with Crippen molar-refractivity contribution in [3.8, 4) is 5.75 Å². The number of benzene rings is 1. The van der Waals surface area contributed by atoms with Gasteiger partial charge in [-0.3, -0.25) is 4.79 Å². The topological polar surface area (TPSA) is 76.8 Å². The average Bonchev–Trinajstić information content (AvgIpc) is 3.23. The zero-order valence-electron chi connectivity index (χ0n) is 14.4. The summed E-state index contributed by atoms with van der Waals surface area (Å²) in [5.74, 6) is 0.305. The largest absolute Gasteiger partial charge is 0.467 e. The molecule has 1 saturated heterocycles. The van der Waals surface area contributed by atoms with Crippen molar-refractivity contribution in [1.82, 2.24) is 4.90 Å². The third-order valence-electron chi connectivity index (χ3n) is 4.38. The molecular formula is C18H19F2NO5S. The number of ether oxygens (including phenoxy) is 1. The number of alkyl halides is 2. The van der Waals surface area contributed by atoms with Crippen LogP contribution in [-0.2, 0) is 27.6 Å². The van der Waals surface area contributed by atoms with Gasteiger partial charge in [0.2, 0.25) is 5.91 Å². The van der Waals surface area contributed by atoms with Gasteiger partial charge in [0.1, 0.15) is 11.5 Å². The van der Waals surface area contributed by atoms with Crippen LogP contribution < -0.4 is 4.74 Å². The summed E-state index contributed by atoms with van der Waals surface area (Å²) in [5.41, 5.74) is 0.618. The fourth-order valence-corrected chi connectivity index (χ4v) is 4.81. The Balaban J connectivity index is 1.72. The van der Waals surface area contributed by atoms with Crippen LogP contribution in [0.4, 0.5) is 8.78 Å². The van der Waals surface area contributed by atoms with Crippen LogP contribution in [0.25, 0.3) is 0 Å². The number of carbonyl (C=O) groups excluding carboxylic acids is 1. The quantitative estimate of drug-likeness (QED) is 0.715. The molecule has 2 aromatic rings. The number of amides is 1. The normalized spacial score (nSPS) is 18.6. The number of rotatable bonds is 7. The van der Waals surface area contributed by atoms with Crippen LogP contribution >= 0.6 is 0 Å². The number of hydrogen-bond acceptors (Lipinski definition) is 5. The highest BCUT2D eigenvalue weighted by molar-refractivity contribution is 7.91. The van der Waals surface area contributed by atoms with E-state index in [2.05, 4.69) is 4.74 Å². The molecule has 1 aromatic carbocycles. The Labute approximate surface area is 155 Å². The minimum atomic E-state index is -3.16. The fraction of sp³-hybridized carbons (Fsp3) is 0.389. The molecule has 1 aliphatic rings. The van der Waals surface area contributed by atoms with Crippen LogP contribution in [0.5, 0.6) is 5.75 Å². The standard InChI is InChI=1S/C18H19F2NO5S/c19-18(20)26-15-5-3-13(4-6-15)10-17(22)21(11-16-2-1-8-25-16)14-7-9-27(23,24)12-14/h1-6,8,14,18H,7,9-12H2/t14-/m1/s1. The summed E-state index contributed by atoms with van der Waals surface area (Å²) in [5, 5.41) is 0. The van der Waals surface area contributed by atoms with Gasteiger partial charge in [-0.2, -0.15) is 8.78 Å². The molecule has 2 heterocycles. The van der Waals surface area contributed by atoms with E-state index in [4.69, 9.17) is 4.42 Å². The number of carbonyl (C=O) groups is 1. The van der Waals surface area contributed by atoms with Gasteiger partial charge < -0.3 is 14.1 Å². The number of nitrogens with zero attached hydrogens (tertiary/aromatic N) is 1. The lowest BCUT2D eigenvalue weighted by atomic mass is 10.1. The van der Waals surface area contributed by atoms with Crippen LogP contribution in [0.1, 0.15) is 17.7 Å². The minimum absolute atomic E-state index is 0.00975. The van der Waals surface area contributed by atoms with Crippen molar-refractivity contribution in [2.75, 3.05) is 11.5 Å². The first-order chi connectivity index (χ1) is 12.8. The van der Waals surface area contributed by atoms with Gasteiger partial charge in [-0.05, 0) is 36.2 Å². The maximum Gasteiger partial charge on any atom is 0.387 e. The van der Waals surface area contributed by atoms with E-state index >= 15 is 0 Å². The molecule has 0 N–H and O–H groups in total.